The number of halogens is 1. The van der Waals surface area contributed by atoms with E-state index in [9.17, 15) is 19.4 Å². The third-order valence-electron chi connectivity index (χ3n) is 4.84. The number of aromatic nitrogens is 1. The van der Waals surface area contributed by atoms with Crippen LogP contribution in [0, 0.1) is 11.2 Å². The van der Waals surface area contributed by atoms with Gasteiger partial charge in [-0.2, -0.15) is 0 Å². The third-order valence-corrected chi connectivity index (χ3v) is 4.84. The summed E-state index contributed by atoms with van der Waals surface area (Å²) in [5, 5.41) is 19.5. The van der Waals surface area contributed by atoms with Gasteiger partial charge >= 0.3 is 0 Å². The molecule has 0 aliphatic rings. The quantitative estimate of drug-likeness (QED) is 0.567. The number of benzene rings is 2. The molecule has 0 aliphatic carbocycles. The first-order valence-corrected chi connectivity index (χ1v) is 10.0. The number of hydrogen-bond acceptors (Lipinski definition) is 5. The maximum absolute atomic E-state index is 13.0. The zero-order valence-corrected chi connectivity index (χ0v) is 17.8. The second-order valence-corrected chi connectivity index (χ2v) is 8.41. The topological polar surface area (TPSA) is 79.7 Å². The van der Waals surface area contributed by atoms with Crippen LogP contribution < -0.4 is 4.74 Å². The van der Waals surface area contributed by atoms with Crippen molar-refractivity contribution in [2.75, 3.05) is 6.61 Å². The lowest BCUT2D eigenvalue weighted by molar-refractivity contribution is -0.125. The van der Waals surface area contributed by atoms with E-state index < -0.39 is 18.1 Å². The molecule has 0 unspecified atom stereocenters. The van der Waals surface area contributed by atoms with Crippen molar-refractivity contribution in [1.82, 2.24) is 4.98 Å². The smallest absolute Gasteiger partial charge is 0.144 e. The lowest BCUT2D eigenvalue weighted by Gasteiger charge is -2.17. The first kappa shape index (κ1) is 22.6. The van der Waals surface area contributed by atoms with Gasteiger partial charge in [-0.3, -0.25) is 9.78 Å². The minimum Gasteiger partial charge on any atom is -0.457 e. The molecule has 0 spiro atoms. The highest BCUT2D eigenvalue weighted by molar-refractivity contribution is 5.85. The van der Waals surface area contributed by atoms with E-state index in [2.05, 4.69) is 4.98 Å². The average molecular weight is 423 g/mol. The molecular formula is C25H26FNO4. The second kappa shape index (κ2) is 9.37. The number of carbonyl (C=O) groups excluding carboxylic acids is 1. The number of carbonyl (C=O) groups is 1. The number of aliphatic hydroxyl groups is 2. The predicted octanol–water partition coefficient (Wildman–Crippen LogP) is 4.86. The molecule has 0 saturated carbocycles. The summed E-state index contributed by atoms with van der Waals surface area (Å²) in [6, 6.07) is 16.2. The Labute approximate surface area is 181 Å². The molecule has 2 N–H and O–H groups in total. The van der Waals surface area contributed by atoms with Crippen molar-refractivity contribution in [3.8, 4) is 22.8 Å². The van der Waals surface area contributed by atoms with Crippen LogP contribution in [0.5, 0.6) is 11.5 Å². The molecule has 3 aromatic rings. The fourth-order valence-electron chi connectivity index (χ4n) is 2.91. The van der Waals surface area contributed by atoms with Gasteiger partial charge in [0.05, 0.1) is 12.3 Å². The molecule has 1 aromatic heterocycles. The number of ketones is 1. The minimum atomic E-state index is -1.06. The van der Waals surface area contributed by atoms with Gasteiger partial charge in [0.25, 0.3) is 0 Å². The Balaban J connectivity index is 1.88. The summed E-state index contributed by atoms with van der Waals surface area (Å²) in [4.78, 5) is 17.1. The van der Waals surface area contributed by atoms with E-state index in [-0.39, 0.29) is 18.0 Å². The molecule has 0 amide bonds. The maximum atomic E-state index is 13.0. The summed E-state index contributed by atoms with van der Waals surface area (Å²) in [5.41, 5.74) is 1.87. The van der Waals surface area contributed by atoms with Crippen LogP contribution in [0.3, 0.4) is 0 Å². The molecule has 5 nitrogen and oxygen atoms in total. The molecule has 6 heteroatoms. The van der Waals surface area contributed by atoms with Gasteiger partial charge in [0.1, 0.15) is 29.2 Å². The van der Waals surface area contributed by atoms with Gasteiger partial charge < -0.3 is 14.9 Å². The first-order chi connectivity index (χ1) is 14.7. The molecule has 0 bridgehead atoms. The highest BCUT2D eigenvalue weighted by atomic mass is 19.1. The van der Waals surface area contributed by atoms with Crippen molar-refractivity contribution in [3.63, 3.8) is 0 Å². The number of aliphatic hydroxyl groups excluding tert-OH is 2. The van der Waals surface area contributed by atoms with E-state index in [1.54, 1.807) is 36.4 Å². The van der Waals surface area contributed by atoms with Crippen LogP contribution in [0.4, 0.5) is 4.39 Å². The number of Topliss-reactive ketones (excluding diaryl/α,β-unsaturated/α-hetero) is 1. The Morgan fingerprint density at radius 3 is 2.16 bits per heavy atom. The Kier molecular flexibility index (Phi) is 6.83. The molecule has 0 radical (unpaired) electrons. The zero-order chi connectivity index (χ0) is 22.6. The fraction of sp³-hybridized carbons (Fsp3) is 0.280. The number of nitrogens with zero attached hydrogens (tertiary/aromatic N) is 1. The Morgan fingerprint density at radius 1 is 1.03 bits per heavy atom. The Morgan fingerprint density at radius 2 is 1.61 bits per heavy atom. The van der Waals surface area contributed by atoms with Gasteiger partial charge in [0.2, 0.25) is 0 Å². The molecular weight excluding hydrogens is 397 g/mol. The van der Waals surface area contributed by atoms with E-state index in [0.717, 1.165) is 5.56 Å². The van der Waals surface area contributed by atoms with Crippen LogP contribution in [-0.4, -0.2) is 27.6 Å². The van der Waals surface area contributed by atoms with Crippen LogP contribution in [-0.2, 0) is 11.2 Å². The van der Waals surface area contributed by atoms with Crippen LogP contribution in [0.15, 0.2) is 60.7 Å². The van der Waals surface area contributed by atoms with Crippen LogP contribution in [0.2, 0.25) is 0 Å². The SMILES string of the molecule is CC(C)(C)C(=O)Cc1cc([C@H](O)CO)cc(-c2ccc(Oc3ccc(F)cc3)cc2)n1. The largest absolute Gasteiger partial charge is 0.457 e. The van der Waals surface area contributed by atoms with Gasteiger partial charge in [-0.1, -0.05) is 20.8 Å². The zero-order valence-electron chi connectivity index (χ0n) is 17.8. The summed E-state index contributed by atoms with van der Waals surface area (Å²) in [5.74, 6) is 0.789. The van der Waals surface area contributed by atoms with Crippen molar-refractivity contribution in [2.24, 2.45) is 5.41 Å². The van der Waals surface area contributed by atoms with E-state index in [4.69, 9.17) is 4.74 Å². The summed E-state index contributed by atoms with van der Waals surface area (Å²) >= 11 is 0. The molecule has 1 atom stereocenters. The standard InChI is InChI=1S/C25H26FNO4/c1-25(2,3)24(30)14-19-12-17(23(29)15-28)13-22(27-19)16-4-8-20(9-5-16)31-21-10-6-18(26)7-11-21/h4-13,23,28-29H,14-15H2,1-3H3/t23-/m1/s1. The molecule has 31 heavy (non-hydrogen) atoms. The molecule has 3 rings (SSSR count). The number of pyridine rings is 1. The van der Waals surface area contributed by atoms with E-state index >= 15 is 0 Å². The predicted molar refractivity (Wildman–Crippen MR) is 116 cm³/mol. The van der Waals surface area contributed by atoms with Crippen molar-refractivity contribution in [1.29, 1.82) is 0 Å². The van der Waals surface area contributed by atoms with E-state index in [1.165, 1.54) is 12.1 Å². The lowest BCUT2D eigenvalue weighted by atomic mass is 9.88. The molecule has 0 aliphatic heterocycles. The van der Waals surface area contributed by atoms with Crippen LogP contribution in [0.1, 0.15) is 38.1 Å². The normalized spacial score (nSPS) is 12.5. The highest BCUT2D eigenvalue weighted by Crippen LogP contribution is 2.28. The monoisotopic (exact) mass is 423 g/mol. The fourth-order valence-corrected chi connectivity index (χ4v) is 2.91. The van der Waals surface area contributed by atoms with Crippen molar-refractivity contribution in [2.45, 2.75) is 33.3 Å². The highest BCUT2D eigenvalue weighted by Gasteiger charge is 2.22. The number of rotatable bonds is 7. The van der Waals surface area contributed by atoms with Gasteiger partial charge in [0.15, 0.2) is 0 Å². The number of ether oxygens (including phenoxy) is 1. The Bertz CT molecular complexity index is 1040. The van der Waals surface area contributed by atoms with Crippen molar-refractivity contribution < 1.29 is 24.1 Å². The summed E-state index contributed by atoms with van der Waals surface area (Å²) < 4.78 is 18.8. The number of hydrogen-bond donors (Lipinski definition) is 2. The average Bonchev–Trinajstić information content (AvgIpc) is 2.74. The van der Waals surface area contributed by atoms with E-state index in [0.29, 0.717) is 28.5 Å². The van der Waals surface area contributed by atoms with Gasteiger partial charge in [-0.15, -0.1) is 0 Å². The molecule has 0 saturated heterocycles. The maximum Gasteiger partial charge on any atom is 0.144 e. The molecule has 162 valence electrons. The minimum absolute atomic E-state index is 0.0321. The third kappa shape index (κ3) is 5.96. The van der Waals surface area contributed by atoms with Crippen molar-refractivity contribution in [3.05, 3.63) is 77.7 Å². The van der Waals surface area contributed by atoms with E-state index in [1.807, 2.05) is 32.9 Å². The van der Waals surface area contributed by atoms with Crippen molar-refractivity contribution >= 4 is 5.78 Å². The first-order valence-electron chi connectivity index (χ1n) is 10.0. The lowest BCUT2D eigenvalue weighted by Crippen LogP contribution is -2.22. The summed E-state index contributed by atoms with van der Waals surface area (Å²) in [6.07, 6.45) is -0.930. The molecule has 1 heterocycles. The Hall–Kier alpha value is -3.09. The second-order valence-electron chi connectivity index (χ2n) is 8.41. The van der Waals surface area contributed by atoms with Crippen LogP contribution in [0.25, 0.3) is 11.3 Å². The summed E-state index contributed by atoms with van der Waals surface area (Å²) in [7, 11) is 0. The van der Waals surface area contributed by atoms with Crippen LogP contribution >= 0.6 is 0 Å². The molecule has 0 fully saturated rings. The van der Waals surface area contributed by atoms with Gasteiger partial charge in [-0.05, 0) is 66.2 Å². The molecule has 2 aromatic carbocycles. The van der Waals surface area contributed by atoms with Gasteiger partial charge in [0, 0.05) is 23.1 Å². The summed E-state index contributed by atoms with van der Waals surface area (Å²) in [6.45, 7) is 5.12. The van der Waals surface area contributed by atoms with Gasteiger partial charge in [-0.25, -0.2) is 4.39 Å².